The van der Waals surface area contributed by atoms with Gasteiger partial charge in [-0.1, -0.05) is 0 Å². The van der Waals surface area contributed by atoms with Gasteiger partial charge in [0.1, 0.15) is 0 Å². The molecule has 0 heterocycles. The van der Waals surface area contributed by atoms with Gasteiger partial charge in [0.15, 0.2) is 17.8 Å². The van der Waals surface area contributed by atoms with Gasteiger partial charge in [-0.05, 0) is 30.7 Å². The van der Waals surface area contributed by atoms with Crippen molar-refractivity contribution in [1.29, 1.82) is 0 Å². The Hall–Kier alpha value is -1.59. The molecule has 1 aromatic rings. The highest BCUT2D eigenvalue weighted by atomic mass is 16.7. The van der Waals surface area contributed by atoms with Crippen LogP contribution in [0.15, 0.2) is 23.2 Å². The summed E-state index contributed by atoms with van der Waals surface area (Å²) in [6, 6.07) is 5.62. The topological polar surface area (TPSA) is 49.3 Å². The zero-order chi connectivity index (χ0) is 14.1. The van der Waals surface area contributed by atoms with Gasteiger partial charge in [-0.3, -0.25) is 4.99 Å². The number of ether oxygens (including phenoxy) is 4. The zero-order valence-electron chi connectivity index (χ0n) is 11.9. The Bertz CT molecular complexity index is 406. The fourth-order valence-corrected chi connectivity index (χ4v) is 1.56. The lowest BCUT2D eigenvalue weighted by Crippen LogP contribution is -2.18. The fourth-order valence-electron chi connectivity index (χ4n) is 1.56. The van der Waals surface area contributed by atoms with Crippen LogP contribution < -0.4 is 9.47 Å². The molecule has 19 heavy (non-hydrogen) atoms. The first-order valence-electron chi connectivity index (χ1n) is 6.11. The van der Waals surface area contributed by atoms with Crippen molar-refractivity contribution in [2.45, 2.75) is 13.2 Å². The summed E-state index contributed by atoms with van der Waals surface area (Å²) in [7, 11) is 4.82. The van der Waals surface area contributed by atoms with E-state index < -0.39 is 0 Å². The normalized spacial score (nSPS) is 12.6. The van der Waals surface area contributed by atoms with Gasteiger partial charge in [0.25, 0.3) is 0 Å². The van der Waals surface area contributed by atoms with E-state index in [4.69, 9.17) is 18.9 Å². The standard InChI is InChI=1S/C14H21NO4/c1-5-19-14(18-4)10-15-9-11-6-7-12(16-2)13(8-11)17-3/h6-9,14H,5,10H2,1-4H3. The van der Waals surface area contributed by atoms with E-state index in [0.29, 0.717) is 24.7 Å². The average Bonchev–Trinajstić information content (AvgIpc) is 2.46. The van der Waals surface area contributed by atoms with Gasteiger partial charge < -0.3 is 18.9 Å². The van der Waals surface area contributed by atoms with Gasteiger partial charge >= 0.3 is 0 Å². The maximum Gasteiger partial charge on any atom is 0.176 e. The van der Waals surface area contributed by atoms with Gasteiger partial charge in [-0.2, -0.15) is 0 Å². The largest absolute Gasteiger partial charge is 0.493 e. The summed E-state index contributed by atoms with van der Waals surface area (Å²) in [5.41, 5.74) is 0.934. The van der Waals surface area contributed by atoms with Gasteiger partial charge in [-0.25, -0.2) is 0 Å². The van der Waals surface area contributed by atoms with Crippen molar-refractivity contribution in [2.75, 3.05) is 34.5 Å². The van der Waals surface area contributed by atoms with Gasteiger partial charge in [0, 0.05) is 19.9 Å². The number of methoxy groups -OCH3 is 3. The maximum atomic E-state index is 5.33. The van der Waals surface area contributed by atoms with Gasteiger partial charge in [0.2, 0.25) is 0 Å². The highest BCUT2D eigenvalue weighted by molar-refractivity contribution is 5.80. The van der Waals surface area contributed by atoms with Crippen LogP contribution in [0.3, 0.4) is 0 Å². The Kier molecular flexibility index (Phi) is 6.92. The SMILES string of the molecule is CCOC(CN=Cc1ccc(OC)c(OC)c1)OC. The Morgan fingerprint density at radius 2 is 1.89 bits per heavy atom. The third kappa shape index (κ3) is 4.89. The molecule has 1 atom stereocenters. The van der Waals surface area contributed by atoms with Crippen LogP contribution in [0.25, 0.3) is 0 Å². The van der Waals surface area contributed by atoms with Crippen molar-refractivity contribution in [1.82, 2.24) is 0 Å². The Morgan fingerprint density at radius 1 is 1.16 bits per heavy atom. The summed E-state index contributed by atoms with van der Waals surface area (Å²) in [6.45, 7) is 2.98. The van der Waals surface area contributed by atoms with Gasteiger partial charge in [-0.15, -0.1) is 0 Å². The molecular formula is C14H21NO4. The molecule has 0 saturated carbocycles. The monoisotopic (exact) mass is 267 g/mol. The molecule has 0 N–H and O–H groups in total. The van der Waals surface area contributed by atoms with Crippen molar-refractivity contribution in [3.63, 3.8) is 0 Å². The van der Waals surface area contributed by atoms with Crippen molar-refractivity contribution < 1.29 is 18.9 Å². The molecule has 1 unspecified atom stereocenters. The van der Waals surface area contributed by atoms with Crippen LogP contribution >= 0.6 is 0 Å². The number of hydrogen-bond donors (Lipinski definition) is 0. The summed E-state index contributed by atoms with van der Waals surface area (Å²) in [5.74, 6) is 1.38. The van der Waals surface area contributed by atoms with Crippen LogP contribution in [0.4, 0.5) is 0 Å². The predicted molar refractivity (Wildman–Crippen MR) is 74.4 cm³/mol. The van der Waals surface area contributed by atoms with E-state index in [0.717, 1.165) is 5.56 Å². The van der Waals surface area contributed by atoms with Crippen molar-refractivity contribution in [3.05, 3.63) is 23.8 Å². The fraction of sp³-hybridized carbons (Fsp3) is 0.500. The predicted octanol–water partition coefficient (Wildman–Crippen LogP) is 2.13. The quantitative estimate of drug-likeness (QED) is 0.535. The molecule has 0 radical (unpaired) electrons. The minimum Gasteiger partial charge on any atom is -0.493 e. The van der Waals surface area contributed by atoms with Crippen LogP contribution in [-0.4, -0.2) is 47.0 Å². The Labute approximate surface area is 114 Å². The van der Waals surface area contributed by atoms with E-state index in [1.54, 1.807) is 27.5 Å². The summed E-state index contributed by atoms with van der Waals surface area (Å²) in [6.07, 6.45) is 1.45. The molecular weight excluding hydrogens is 246 g/mol. The number of hydrogen-bond acceptors (Lipinski definition) is 5. The highest BCUT2D eigenvalue weighted by Crippen LogP contribution is 2.26. The second-order valence-corrected chi connectivity index (χ2v) is 3.73. The summed E-state index contributed by atoms with van der Waals surface area (Å²) >= 11 is 0. The molecule has 0 amide bonds. The third-order valence-corrected chi connectivity index (χ3v) is 2.52. The summed E-state index contributed by atoms with van der Waals surface area (Å²) < 4.78 is 20.9. The van der Waals surface area contributed by atoms with Crippen LogP contribution in [0.5, 0.6) is 11.5 Å². The second kappa shape index (κ2) is 8.50. The lowest BCUT2D eigenvalue weighted by molar-refractivity contribution is -0.112. The lowest BCUT2D eigenvalue weighted by Gasteiger charge is -2.12. The summed E-state index contributed by atoms with van der Waals surface area (Å²) in [5, 5.41) is 0. The molecule has 1 rings (SSSR count). The Balaban J connectivity index is 2.66. The first-order chi connectivity index (χ1) is 9.24. The molecule has 0 aromatic heterocycles. The number of nitrogens with zero attached hydrogens (tertiary/aromatic N) is 1. The highest BCUT2D eigenvalue weighted by Gasteiger charge is 2.05. The van der Waals surface area contributed by atoms with E-state index in [-0.39, 0.29) is 6.29 Å². The first kappa shape index (κ1) is 15.5. The number of aliphatic imine (C=N–C) groups is 1. The van der Waals surface area contributed by atoms with E-state index in [9.17, 15) is 0 Å². The molecule has 5 heteroatoms. The minimum absolute atomic E-state index is 0.304. The molecule has 0 aliphatic carbocycles. The van der Waals surface area contributed by atoms with Crippen LogP contribution in [0.1, 0.15) is 12.5 Å². The van der Waals surface area contributed by atoms with Crippen molar-refractivity contribution in [3.8, 4) is 11.5 Å². The first-order valence-corrected chi connectivity index (χ1v) is 6.11. The maximum absolute atomic E-state index is 5.33. The molecule has 106 valence electrons. The average molecular weight is 267 g/mol. The molecule has 5 nitrogen and oxygen atoms in total. The van der Waals surface area contributed by atoms with Crippen LogP contribution in [0, 0.1) is 0 Å². The van der Waals surface area contributed by atoms with E-state index >= 15 is 0 Å². The number of rotatable bonds is 8. The van der Waals surface area contributed by atoms with Crippen LogP contribution in [-0.2, 0) is 9.47 Å². The van der Waals surface area contributed by atoms with Crippen LogP contribution in [0.2, 0.25) is 0 Å². The smallest absolute Gasteiger partial charge is 0.176 e. The molecule has 0 saturated heterocycles. The lowest BCUT2D eigenvalue weighted by atomic mass is 10.2. The van der Waals surface area contributed by atoms with Crippen molar-refractivity contribution in [2.24, 2.45) is 4.99 Å². The molecule has 0 spiro atoms. The van der Waals surface area contributed by atoms with E-state index in [1.807, 2.05) is 25.1 Å². The molecule has 0 fully saturated rings. The van der Waals surface area contributed by atoms with Crippen molar-refractivity contribution >= 4 is 6.21 Å². The molecule has 0 aliphatic rings. The number of benzene rings is 1. The molecule has 0 aliphatic heterocycles. The second-order valence-electron chi connectivity index (χ2n) is 3.73. The zero-order valence-corrected chi connectivity index (χ0v) is 11.9. The van der Waals surface area contributed by atoms with E-state index in [1.165, 1.54) is 0 Å². The minimum atomic E-state index is -0.304. The molecule has 0 bridgehead atoms. The Morgan fingerprint density at radius 3 is 2.47 bits per heavy atom. The van der Waals surface area contributed by atoms with E-state index in [2.05, 4.69) is 4.99 Å². The summed E-state index contributed by atoms with van der Waals surface area (Å²) in [4.78, 5) is 4.29. The third-order valence-electron chi connectivity index (χ3n) is 2.52. The van der Waals surface area contributed by atoms with Gasteiger partial charge in [0.05, 0.1) is 20.8 Å². The molecule has 1 aromatic carbocycles.